The number of nitrogen functional groups attached to an aromatic ring is 1. The third kappa shape index (κ3) is 3.11. The second-order valence-electron chi connectivity index (χ2n) is 7.76. The highest BCUT2D eigenvalue weighted by atomic mass is 32.1. The lowest BCUT2D eigenvalue weighted by Gasteiger charge is -2.41. The van der Waals surface area contributed by atoms with Crippen LogP contribution in [0.25, 0.3) is 11.2 Å². The molecule has 0 radical (unpaired) electrons. The minimum absolute atomic E-state index is 0.0741. The largest absolute Gasteiger partial charge is 0.387 e. The van der Waals surface area contributed by atoms with Crippen molar-refractivity contribution in [3.63, 3.8) is 0 Å². The van der Waals surface area contributed by atoms with Crippen molar-refractivity contribution in [3.05, 3.63) is 35.0 Å². The summed E-state index contributed by atoms with van der Waals surface area (Å²) in [5.74, 6) is 0.251. The number of nitrogens with zero attached hydrogens (tertiary/aromatic N) is 4. The Labute approximate surface area is 171 Å². The van der Waals surface area contributed by atoms with Crippen LogP contribution in [0.5, 0.6) is 0 Å². The molecule has 1 saturated heterocycles. The molecule has 10 heteroatoms. The Morgan fingerprint density at radius 2 is 2.14 bits per heavy atom. The van der Waals surface area contributed by atoms with E-state index in [0.29, 0.717) is 17.8 Å². The van der Waals surface area contributed by atoms with Gasteiger partial charge >= 0.3 is 0 Å². The summed E-state index contributed by atoms with van der Waals surface area (Å²) in [4.78, 5) is 13.6. The van der Waals surface area contributed by atoms with Gasteiger partial charge in [0.15, 0.2) is 17.7 Å². The molecule has 2 aliphatic rings. The number of aromatic nitrogens is 4. The van der Waals surface area contributed by atoms with Crippen LogP contribution in [-0.4, -0.2) is 61.3 Å². The van der Waals surface area contributed by atoms with Crippen LogP contribution in [0.4, 0.5) is 5.82 Å². The molecule has 0 amide bonds. The minimum atomic E-state index is -1.13. The summed E-state index contributed by atoms with van der Waals surface area (Å²) in [5, 5.41) is 23.1. The number of aliphatic hydroxyl groups excluding tert-OH is 2. The summed E-state index contributed by atoms with van der Waals surface area (Å²) in [5.41, 5.74) is 6.77. The number of rotatable bonds is 6. The molecule has 0 spiro atoms. The molecule has 4 atom stereocenters. The number of aliphatic hydroxyl groups is 2. The summed E-state index contributed by atoms with van der Waals surface area (Å²) in [6, 6.07) is 4.22. The van der Waals surface area contributed by atoms with Gasteiger partial charge in [0.1, 0.15) is 30.2 Å². The van der Waals surface area contributed by atoms with Gasteiger partial charge in [-0.1, -0.05) is 12.5 Å². The molecule has 1 saturated carbocycles. The van der Waals surface area contributed by atoms with E-state index in [0.717, 1.165) is 12.8 Å². The van der Waals surface area contributed by atoms with Gasteiger partial charge in [0.05, 0.1) is 19.5 Å². The first kappa shape index (κ1) is 18.9. The standard InChI is InChI=1S/C19H23N5O4S/c20-16-13-17(22-9-21-16)24(10-23-13)18-15(26)14(25)11(28-18)7-27-8-19(4-2-5-19)12-3-1-6-29-12/h1,3,6,9-11,14-15,18,25-26H,2,4-5,7-8H2,(H2,20,21,22)/t11-,14-,15-,18-/m1/s1. The number of thiophene rings is 1. The van der Waals surface area contributed by atoms with Gasteiger partial charge in [0, 0.05) is 10.3 Å². The van der Waals surface area contributed by atoms with Gasteiger partial charge in [-0.25, -0.2) is 15.0 Å². The Balaban J connectivity index is 1.27. The van der Waals surface area contributed by atoms with Crippen LogP contribution < -0.4 is 5.73 Å². The SMILES string of the molecule is Nc1ncnc2c1ncn2[C@@H]1O[C@H](COCC2(c3cccs3)CCC2)[C@@H](O)[C@H]1O. The fraction of sp³-hybridized carbons (Fsp3) is 0.526. The predicted molar refractivity (Wildman–Crippen MR) is 106 cm³/mol. The number of anilines is 1. The normalized spacial score (nSPS) is 28.6. The predicted octanol–water partition coefficient (Wildman–Crippen LogP) is 1.23. The van der Waals surface area contributed by atoms with Crippen LogP contribution in [0.2, 0.25) is 0 Å². The molecule has 3 aromatic rings. The van der Waals surface area contributed by atoms with Crippen LogP contribution in [0, 0.1) is 0 Å². The van der Waals surface area contributed by atoms with Gasteiger partial charge in [-0.3, -0.25) is 4.57 Å². The monoisotopic (exact) mass is 417 g/mol. The third-order valence-electron chi connectivity index (χ3n) is 6.01. The molecule has 0 unspecified atom stereocenters. The lowest BCUT2D eigenvalue weighted by molar-refractivity contribution is -0.0758. The van der Waals surface area contributed by atoms with Gasteiger partial charge in [0.2, 0.25) is 0 Å². The Kier molecular flexibility index (Phi) is 4.75. The van der Waals surface area contributed by atoms with E-state index in [-0.39, 0.29) is 17.8 Å². The van der Waals surface area contributed by atoms with Crippen molar-refractivity contribution >= 4 is 28.3 Å². The Hall–Kier alpha value is -2.11. The number of fused-ring (bicyclic) bond motifs is 1. The molecule has 5 rings (SSSR count). The zero-order chi connectivity index (χ0) is 20.0. The van der Waals surface area contributed by atoms with E-state index >= 15 is 0 Å². The number of hydrogen-bond acceptors (Lipinski definition) is 9. The van der Waals surface area contributed by atoms with E-state index in [1.54, 1.807) is 15.9 Å². The lowest BCUT2D eigenvalue weighted by Crippen LogP contribution is -2.40. The highest BCUT2D eigenvalue weighted by molar-refractivity contribution is 7.10. The smallest absolute Gasteiger partial charge is 0.167 e. The topological polar surface area (TPSA) is 129 Å². The zero-order valence-corrected chi connectivity index (χ0v) is 16.5. The van der Waals surface area contributed by atoms with Gasteiger partial charge in [-0.15, -0.1) is 11.3 Å². The van der Waals surface area contributed by atoms with Crippen molar-refractivity contribution in [3.8, 4) is 0 Å². The molecule has 1 aliphatic heterocycles. The third-order valence-corrected chi connectivity index (χ3v) is 7.13. The van der Waals surface area contributed by atoms with Crippen LogP contribution in [0.15, 0.2) is 30.2 Å². The molecule has 0 bridgehead atoms. The summed E-state index contributed by atoms with van der Waals surface area (Å²) in [7, 11) is 0. The Bertz CT molecular complexity index is 990. The number of hydrogen-bond donors (Lipinski definition) is 3. The summed E-state index contributed by atoms with van der Waals surface area (Å²) in [6.45, 7) is 0.782. The maximum Gasteiger partial charge on any atom is 0.167 e. The van der Waals surface area contributed by atoms with E-state index in [1.165, 1.54) is 24.0 Å². The van der Waals surface area contributed by atoms with Crippen LogP contribution in [0.1, 0.15) is 30.4 Å². The van der Waals surface area contributed by atoms with Crippen LogP contribution >= 0.6 is 11.3 Å². The number of ether oxygens (including phenoxy) is 2. The van der Waals surface area contributed by atoms with Crippen molar-refractivity contribution in [2.75, 3.05) is 18.9 Å². The first-order valence-corrected chi connectivity index (χ1v) is 10.5. The van der Waals surface area contributed by atoms with Crippen molar-refractivity contribution in [2.24, 2.45) is 0 Å². The highest BCUT2D eigenvalue weighted by Gasteiger charge is 2.45. The van der Waals surface area contributed by atoms with Crippen molar-refractivity contribution < 1.29 is 19.7 Å². The lowest BCUT2D eigenvalue weighted by atomic mass is 9.68. The molecule has 4 N–H and O–H groups in total. The molecule has 0 aromatic carbocycles. The maximum atomic E-state index is 10.5. The molecule has 2 fully saturated rings. The van der Waals surface area contributed by atoms with E-state index in [9.17, 15) is 10.2 Å². The molecule has 9 nitrogen and oxygen atoms in total. The van der Waals surface area contributed by atoms with E-state index in [1.807, 2.05) is 0 Å². The fourth-order valence-corrected chi connectivity index (χ4v) is 5.14. The molecule has 4 heterocycles. The van der Waals surface area contributed by atoms with Crippen LogP contribution in [0.3, 0.4) is 0 Å². The summed E-state index contributed by atoms with van der Waals surface area (Å²) in [6.07, 6.45) is 2.55. The van der Waals surface area contributed by atoms with E-state index < -0.39 is 24.5 Å². The number of imidazole rings is 1. The van der Waals surface area contributed by atoms with Gasteiger partial charge in [-0.05, 0) is 24.3 Å². The minimum Gasteiger partial charge on any atom is -0.387 e. The summed E-state index contributed by atoms with van der Waals surface area (Å²) >= 11 is 1.76. The molecule has 154 valence electrons. The average Bonchev–Trinajstić information content (AvgIpc) is 3.41. The van der Waals surface area contributed by atoms with Crippen molar-refractivity contribution in [2.45, 2.75) is 49.2 Å². The summed E-state index contributed by atoms with van der Waals surface area (Å²) < 4.78 is 13.5. The maximum absolute atomic E-state index is 10.5. The van der Waals surface area contributed by atoms with Crippen molar-refractivity contribution in [1.29, 1.82) is 0 Å². The second kappa shape index (κ2) is 7.29. The second-order valence-corrected chi connectivity index (χ2v) is 8.70. The Morgan fingerprint density at radius 1 is 1.28 bits per heavy atom. The highest BCUT2D eigenvalue weighted by Crippen LogP contribution is 2.46. The average molecular weight is 417 g/mol. The van der Waals surface area contributed by atoms with E-state index in [2.05, 4.69) is 32.5 Å². The molecule has 29 heavy (non-hydrogen) atoms. The molecular weight excluding hydrogens is 394 g/mol. The van der Waals surface area contributed by atoms with Gasteiger partial charge in [0.25, 0.3) is 0 Å². The van der Waals surface area contributed by atoms with E-state index in [4.69, 9.17) is 15.2 Å². The van der Waals surface area contributed by atoms with Gasteiger partial charge < -0.3 is 25.4 Å². The molecule has 1 aliphatic carbocycles. The number of nitrogens with two attached hydrogens (primary N) is 1. The molecular formula is C19H23N5O4S. The first-order valence-electron chi connectivity index (χ1n) is 9.65. The van der Waals surface area contributed by atoms with Gasteiger partial charge in [-0.2, -0.15) is 0 Å². The zero-order valence-electron chi connectivity index (χ0n) is 15.7. The van der Waals surface area contributed by atoms with Crippen molar-refractivity contribution in [1.82, 2.24) is 19.5 Å². The first-order chi connectivity index (χ1) is 14.1. The molecule has 3 aromatic heterocycles. The quantitative estimate of drug-likeness (QED) is 0.546. The van der Waals surface area contributed by atoms with Crippen LogP contribution in [-0.2, 0) is 14.9 Å². The fourth-order valence-electron chi connectivity index (χ4n) is 4.17. The Morgan fingerprint density at radius 3 is 2.86 bits per heavy atom.